The van der Waals surface area contributed by atoms with Crippen molar-refractivity contribution in [3.8, 4) is 0 Å². The second kappa shape index (κ2) is 21.9. The Balaban J connectivity index is 0. The Morgan fingerprint density at radius 3 is 1.81 bits per heavy atom. The van der Waals surface area contributed by atoms with Crippen molar-refractivity contribution in [2.24, 2.45) is 0 Å². The van der Waals surface area contributed by atoms with Crippen LogP contribution < -0.4 is 0 Å². The van der Waals surface area contributed by atoms with E-state index in [0.29, 0.717) is 0 Å². The molecular formula is C17H34KOS2. The minimum absolute atomic E-state index is 0. The number of hydrogen-bond acceptors (Lipinski definition) is 3. The van der Waals surface area contributed by atoms with Crippen LogP contribution in [0, 0.1) is 0 Å². The molecule has 0 aromatic heterocycles. The van der Waals surface area contributed by atoms with E-state index in [2.05, 4.69) is 13.8 Å². The van der Waals surface area contributed by atoms with Crippen LogP contribution in [-0.2, 0) is 4.74 Å². The van der Waals surface area contributed by atoms with Gasteiger partial charge in [0.25, 0.3) is 0 Å². The van der Waals surface area contributed by atoms with Gasteiger partial charge in [-0.1, -0.05) is 89.8 Å². The monoisotopic (exact) mass is 357 g/mol. The van der Waals surface area contributed by atoms with Gasteiger partial charge in [0.15, 0.2) is 0 Å². The molecule has 0 saturated heterocycles. The molecule has 0 aliphatic rings. The van der Waals surface area contributed by atoms with Crippen LogP contribution in [0.15, 0.2) is 0 Å². The van der Waals surface area contributed by atoms with Crippen LogP contribution in [0.5, 0.6) is 0 Å². The summed E-state index contributed by atoms with van der Waals surface area (Å²) in [6, 6.07) is 0. The molecule has 0 saturated carbocycles. The van der Waals surface area contributed by atoms with Crippen molar-refractivity contribution >= 4 is 79.7 Å². The average molecular weight is 358 g/mol. The van der Waals surface area contributed by atoms with Crippen LogP contribution in [0.3, 0.4) is 0 Å². The van der Waals surface area contributed by atoms with E-state index in [9.17, 15) is 0 Å². The van der Waals surface area contributed by atoms with Gasteiger partial charge in [-0.3, -0.25) is 0 Å². The summed E-state index contributed by atoms with van der Waals surface area (Å²) in [5.74, 6) is 1.13. The molecular weight excluding hydrogens is 323 g/mol. The average Bonchev–Trinajstić information content (AvgIpc) is 2.45. The number of thiocarbonyl (C=S) groups is 1. The zero-order valence-electron chi connectivity index (χ0n) is 14.6. The molecule has 0 bridgehead atoms. The van der Waals surface area contributed by atoms with Crippen molar-refractivity contribution in [1.29, 1.82) is 0 Å². The molecule has 0 fully saturated rings. The van der Waals surface area contributed by atoms with Crippen LogP contribution in [0.4, 0.5) is 0 Å². The van der Waals surface area contributed by atoms with E-state index in [-0.39, 0.29) is 51.4 Å². The molecule has 0 heterocycles. The van der Waals surface area contributed by atoms with Crippen LogP contribution in [0.2, 0.25) is 0 Å². The Hall–Kier alpha value is 1.88. The summed E-state index contributed by atoms with van der Waals surface area (Å²) < 4.78 is 6.34. The molecule has 0 amide bonds. The standard InChI is InChI=1S/C17H34OS2.K/c1-3-5-7-9-11-13-15-18-17(19)20-16-14-12-10-8-6-4-2;/h3-16H2,1-2H3;. The second-order valence-electron chi connectivity index (χ2n) is 5.48. The maximum absolute atomic E-state index is 5.59. The van der Waals surface area contributed by atoms with Gasteiger partial charge < -0.3 is 4.74 Å². The van der Waals surface area contributed by atoms with Gasteiger partial charge in [-0.15, -0.1) is 0 Å². The first-order chi connectivity index (χ1) is 9.81. The molecule has 21 heavy (non-hydrogen) atoms. The minimum atomic E-state index is 0. The molecule has 121 valence electrons. The predicted molar refractivity (Wildman–Crippen MR) is 104 cm³/mol. The van der Waals surface area contributed by atoms with E-state index >= 15 is 0 Å². The van der Waals surface area contributed by atoms with E-state index in [1.54, 1.807) is 11.8 Å². The summed E-state index contributed by atoms with van der Waals surface area (Å²) in [7, 11) is 0. The predicted octanol–water partition coefficient (Wildman–Crippen LogP) is 6.36. The molecule has 0 atom stereocenters. The summed E-state index contributed by atoms with van der Waals surface area (Å²) in [5, 5.41) is 0. The number of unbranched alkanes of at least 4 members (excludes halogenated alkanes) is 10. The number of rotatable bonds is 14. The van der Waals surface area contributed by atoms with Crippen molar-refractivity contribution in [2.45, 2.75) is 90.9 Å². The summed E-state index contributed by atoms with van der Waals surface area (Å²) >= 11 is 6.96. The molecule has 0 unspecified atom stereocenters. The molecule has 0 spiro atoms. The van der Waals surface area contributed by atoms with Crippen LogP contribution >= 0.6 is 24.0 Å². The Morgan fingerprint density at radius 2 is 1.24 bits per heavy atom. The zero-order valence-corrected chi connectivity index (χ0v) is 19.4. The second-order valence-corrected chi connectivity index (χ2v) is 7.18. The third-order valence-corrected chi connectivity index (χ3v) is 4.75. The van der Waals surface area contributed by atoms with Crippen molar-refractivity contribution in [2.75, 3.05) is 12.4 Å². The zero-order chi connectivity index (χ0) is 14.9. The maximum atomic E-state index is 5.59. The van der Waals surface area contributed by atoms with Crippen LogP contribution in [0.25, 0.3) is 0 Å². The first-order valence-corrected chi connectivity index (χ1v) is 10.00. The smallest absolute Gasteiger partial charge is 0.219 e. The van der Waals surface area contributed by atoms with Crippen LogP contribution in [-0.4, -0.2) is 68.1 Å². The first kappa shape index (κ1) is 25.1. The van der Waals surface area contributed by atoms with Gasteiger partial charge >= 0.3 is 0 Å². The summed E-state index contributed by atoms with van der Waals surface area (Å²) in [4.78, 5) is 0. The fourth-order valence-electron chi connectivity index (χ4n) is 2.12. The normalized spacial score (nSPS) is 10.2. The van der Waals surface area contributed by atoms with Crippen molar-refractivity contribution in [1.82, 2.24) is 0 Å². The van der Waals surface area contributed by atoms with Gasteiger partial charge in [0.2, 0.25) is 4.38 Å². The summed E-state index contributed by atoms with van der Waals surface area (Å²) in [6.07, 6.45) is 15.9. The van der Waals surface area contributed by atoms with Gasteiger partial charge in [0.05, 0.1) is 6.61 Å². The number of hydrogen-bond donors (Lipinski definition) is 0. The topological polar surface area (TPSA) is 9.23 Å². The van der Waals surface area contributed by atoms with E-state index in [1.165, 1.54) is 70.6 Å². The maximum Gasteiger partial charge on any atom is 0.219 e. The van der Waals surface area contributed by atoms with Crippen molar-refractivity contribution in [3.05, 3.63) is 0 Å². The van der Waals surface area contributed by atoms with E-state index < -0.39 is 0 Å². The molecule has 0 aromatic rings. The SMILES string of the molecule is CCCCCCCCOC(=S)SCCCCCCCC.[K]. The summed E-state index contributed by atoms with van der Waals surface area (Å²) in [6.45, 7) is 5.33. The number of thioether (sulfide) groups is 1. The van der Waals surface area contributed by atoms with Gasteiger partial charge in [-0.2, -0.15) is 0 Å². The third kappa shape index (κ3) is 21.9. The summed E-state index contributed by atoms with van der Waals surface area (Å²) in [5.41, 5.74) is 0. The fourth-order valence-corrected chi connectivity index (χ4v) is 3.13. The Kier molecular flexibility index (Phi) is 26.2. The van der Waals surface area contributed by atoms with E-state index in [0.717, 1.165) is 23.2 Å². The molecule has 4 heteroatoms. The van der Waals surface area contributed by atoms with E-state index in [4.69, 9.17) is 17.0 Å². The molecule has 0 N–H and O–H groups in total. The molecule has 0 aliphatic heterocycles. The van der Waals surface area contributed by atoms with Gasteiger partial charge in [-0.25, -0.2) is 0 Å². The molecule has 0 rings (SSSR count). The van der Waals surface area contributed by atoms with Crippen molar-refractivity contribution < 1.29 is 4.74 Å². The van der Waals surface area contributed by atoms with Crippen molar-refractivity contribution in [3.63, 3.8) is 0 Å². The molecule has 1 radical (unpaired) electrons. The van der Waals surface area contributed by atoms with Crippen LogP contribution in [0.1, 0.15) is 90.9 Å². The van der Waals surface area contributed by atoms with Gasteiger partial charge in [-0.05, 0) is 25.1 Å². The Labute approximate surface area is 185 Å². The molecule has 0 aromatic carbocycles. The first-order valence-electron chi connectivity index (χ1n) is 8.60. The third-order valence-electron chi connectivity index (χ3n) is 3.44. The molecule has 0 aliphatic carbocycles. The van der Waals surface area contributed by atoms with E-state index in [1.807, 2.05) is 0 Å². The number of ether oxygens (including phenoxy) is 1. The fraction of sp³-hybridized carbons (Fsp3) is 0.941. The minimum Gasteiger partial charge on any atom is -0.479 e. The van der Waals surface area contributed by atoms with Gasteiger partial charge in [0, 0.05) is 57.1 Å². The Morgan fingerprint density at radius 1 is 0.762 bits per heavy atom. The largest absolute Gasteiger partial charge is 0.479 e. The molecule has 1 nitrogen and oxygen atoms in total. The quantitative estimate of drug-likeness (QED) is 0.203. The van der Waals surface area contributed by atoms with Gasteiger partial charge in [0.1, 0.15) is 0 Å². The Bertz CT molecular complexity index is 193.